The fraction of sp³-hybridized carbons (Fsp3) is 0.318. The molecule has 134 valence electrons. The van der Waals surface area contributed by atoms with Crippen molar-refractivity contribution in [2.24, 2.45) is 0 Å². The zero-order valence-electron chi connectivity index (χ0n) is 14.8. The van der Waals surface area contributed by atoms with Gasteiger partial charge in [0.15, 0.2) is 0 Å². The predicted molar refractivity (Wildman–Crippen MR) is 103 cm³/mol. The minimum absolute atomic E-state index is 0.0285. The standard InChI is InChI=1S/C22H24N2O2/c25-22(12-11-17-7-3-1-4-8-17)23-19-13-20-16-26-21(15-24(20)14-19)18-9-5-2-6-10-18/h1-12,19-21H,13-16H2,(H,23,25)/t19-,20-,21+/m0/s1. The van der Waals surface area contributed by atoms with Gasteiger partial charge in [-0.05, 0) is 23.6 Å². The molecule has 4 heteroatoms. The SMILES string of the molecule is O=C(C=Cc1ccccc1)N[C@H]1C[C@H]2CO[C@@H](c3ccccc3)CN2C1. The van der Waals surface area contributed by atoms with Gasteiger partial charge in [0.2, 0.25) is 5.91 Å². The molecule has 2 aromatic carbocycles. The summed E-state index contributed by atoms with van der Waals surface area (Å²) >= 11 is 0. The fourth-order valence-electron chi connectivity index (χ4n) is 3.83. The molecule has 2 heterocycles. The first-order valence-electron chi connectivity index (χ1n) is 9.22. The van der Waals surface area contributed by atoms with Gasteiger partial charge in [-0.25, -0.2) is 0 Å². The molecule has 1 amide bonds. The van der Waals surface area contributed by atoms with Crippen molar-refractivity contribution in [3.63, 3.8) is 0 Å². The van der Waals surface area contributed by atoms with E-state index in [1.165, 1.54) is 5.56 Å². The first kappa shape index (κ1) is 17.0. The number of carbonyl (C=O) groups is 1. The van der Waals surface area contributed by atoms with Gasteiger partial charge < -0.3 is 10.1 Å². The van der Waals surface area contributed by atoms with Crippen molar-refractivity contribution >= 4 is 12.0 Å². The molecule has 0 spiro atoms. The Bertz CT molecular complexity index is 760. The Kier molecular flexibility index (Phi) is 5.14. The second-order valence-electron chi connectivity index (χ2n) is 7.03. The van der Waals surface area contributed by atoms with Crippen LogP contribution < -0.4 is 5.32 Å². The van der Waals surface area contributed by atoms with E-state index < -0.39 is 0 Å². The maximum absolute atomic E-state index is 12.2. The summed E-state index contributed by atoms with van der Waals surface area (Å²) in [5.41, 5.74) is 2.26. The third kappa shape index (κ3) is 4.03. The topological polar surface area (TPSA) is 41.6 Å². The van der Waals surface area contributed by atoms with Crippen LogP contribution in [-0.2, 0) is 9.53 Å². The molecule has 0 radical (unpaired) electrons. The lowest BCUT2D eigenvalue weighted by molar-refractivity contribution is -0.117. The van der Waals surface area contributed by atoms with Crippen LogP contribution in [-0.4, -0.2) is 42.6 Å². The minimum Gasteiger partial charge on any atom is -0.371 e. The zero-order valence-corrected chi connectivity index (χ0v) is 14.8. The second kappa shape index (κ2) is 7.85. The Hall–Kier alpha value is -2.43. The van der Waals surface area contributed by atoms with Crippen LogP contribution >= 0.6 is 0 Å². The van der Waals surface area contributed by atoms with Crippen LogP contribution in [0.25, 0.3) is 6.08 Å². The molecule has 0 saturated carbocycles. The smallest absolute Gasteiger partial charge is 0.244 e. The van der Waals surface area contributed by atoms with Gasteiger partial charge in [-0.2, -0.15) is 0 Å². The van der Waals surface area contributed by atoms with Gasteiger partial charge in [0.05, 0.1) is 12.7 Å². The number of rotatable bonds is 4. The summed E-state index contributed by atoms with van der Waals surface area (Å²) in [5, 5.41) is 3.14. The van der Waals surface area contributed by atoms with E-state index in [0.29, 0.717) is 6.04 Å². The Labute approximate surface area is 154 Å². The maximum Gasteiger partial charge on any atom is 0.244 e. The summed E-state index contributed by atoms with van der Waals surface area (Å²) in [5.74, 6) is -0.0285. The Balaban J connectivity index is 1.31. The fourth-order valence-corrected chi connectivity index (χ4v) is 3.83. The number of benzene rings is 2. The van der Waals surface area contributed by atoms with Crippen molar-refractivity contribution in [1.29, 1.82) is 0 Å². The van der Waals surface area contributed by atoms with Crippen LogP contribution in [0.5, 0.6) is 0 Å². The molecule has 26 heavy (non-hydrogen) atoms. The molecule has 0 aliphatic carbocycles. The van der Waals surface area contributed by atoms with Gasteiger partial charge >= 0.3 is 0 Å². The number of hydrogen-bond donors (Lipinski definition) is 1. The molecule has 2 fully saturated rings. The Morgan fingerprint density at radius 3 is 2.54 bits per heavy atom. The van der Waals surface area contributed by atoms with E-state index >= 15 is 0 Å². The van der Waals surface area contributed by atoms with Crippen molar-refractivity contribution in [3.05, 3.63) is 77.9 Å². The van der Waals surface area contributed by atoms with Crippen molar-refractivity contribution < 1.29 is 9.53 Å². The highest BCUT2D eigenvalue weighted by Gasteiger charge is 2.38. The highest BCUT2D eigenvalue weighted by molar-refractivity contribution is 5.91. The van der Waals surface area contributed by atoms with Gasteiger partial charge in [-0.3, -0.25) is 9.69 Å². The highest BCUT2D eigenvalue weighted by Crippen LogP contribution is 2.30. The zero-order chi connectivity index (χ0) is 17.8. The lowest BCUT2D eigenvalue weighted by Gasteiger charge is -2.35. The molecule has 2 aliphatic rings. The lowest BCUT2D eigenvalue weighted by Crippen LogP contribution is -2.43. The molecular formula is C22H24N2O2. The molecular weight excluding hydrogens is 324 g/mol. The summed E-state index contributed by atoms with van der Waals surface area (Å²) in [6, 6.07) is 20.8. The first-order chi connectivity index (χ1) is 12.8. The summed E-state index contributed by atoms with van der Waals surface area (Å²) in [6.45, 7) is 2.51. The molecule has 3 atom stereocenters. The van der Waals surface area contributed by atoms with Gasteiger partial charge in [-0.1, -0.05) is 60.7 Å². The molecule has 4 rings (SSSR count). The van der Waals surface area contributed by atoms with Crippen molar-refractivity contribution in [2.75, 3.05) is 19.7 Å². The third-order valence-corrected chi connectivity index (χ3v) is 5.16. The number of carbonyl (C=O) groups excluding carboxylic acids is 1. The number of nitrogens with one attached hydrogen (secondary N) is 1. The van der Waals surface area contributed by atoms with E-state index in [2.05, 4.69) is 34.5 Å². The quantitative estimate of drug-likeness (QED) is 0.864. The summed E-state index contributed by atoms with van der Waals surface area (Å²) in [7, 11) is 0. The van der Waals surface area contributed by atoms with E-state index in [1.807, 2.05) is 42.5 Å². The molecule has 4 nitrogen and oxygen atoms in total. The molecule has 1 N–H and O–H groups in total. The Morgan fingerprint density at radius 1 is 1.04 bits per heavy atom. The number of morpholine rings is 1. The van der Waals surface area contributed by atoms with Gasteiger partial charge in [-0.15, -0.1) is 0 Å². The normalized spacial score (nSPS) is 25.9. The average Bonchev–Trinajstić information content (AvgIpc) is 3.09. The predicted octanol–water partition coefficient (Wildman–Crippen LogP) is 3.03. The number of hydrogen-bond acceptors (Lipinski definition) is 3. The highest BCUT2D eigenvalue weighted by atomic mass is 16.5. The van der Waals surface area contributed by atoms with Crippen molar-refractivity contribution in [3.8, 4) is 0 Å². The maximum atomic E-state index is 12.2. The third-order valence-electron chi connectivity index (χ3n) is 5.16. The van der Waals surface area contributed by atoms with Crippen LogP contribution in [0.1, 0.15) is 23.7 Å². The molecule has 0 aromatic heterocycles. The van der Waals surface area contributed by atoms with Crippen LogP contribution in [0.15, 0.2) is 66.7 Å². The first-order valence-corrected chi connectivity index (χ1v) is 9.22. The average molecular weight is 348 g/mol. The number of fused-ring (bicyclic) bond motifs is 1. The van der Waals surface area contributed by atoms with Crippen LogP contribution in [0.3, 0.4) is 0 Å². The van der Waals surface area contributed by atoms with Crippen LogP contribution in [0, 0.1) is 0 Å². The molecule has 2 aromatic rings. The van der Waals surface area contributed by atoms with E-state index in [1.54, 1.807) is 6.08 Å². The molecule has 0 unspecified atom stereocenters. The number of ether oxygens (including phenoxy) is 1. The molecule has 2 aliphatic heterocycles. The number of nitrogens with zero attached hydrogens (tertiary/aromatic N) is 1. The van der Waals surface area contributed by atoms with Crippen molar-refractivity contribution in [1.82, 2.24) is 10.2 Å². The lowest BCUT2D eigenvalue weighted by atomic mass is 10.1. The van der Waals surface area contributed by atoms with Crippen LogP contribution in [0.2, 0.25) is 0 Å². The van der Waals surface area contributed by atoms with Gasteiger partial charge in [0, 0.05) is 31.2 Å². The van der Waals surface area contributed by atoms with E-state index in [4.69, 9.17) is 4.74 Å². The summed E-state index contributed by atoms with van der Waals surface area (Å²) in [6.07, 6.45) is 4.55. The largest absolute Gasteiger partial charge is 0.371 e. The second-order valence-corrected chi connectivity index (χ2v) is 7.03. The van der Waals surface area contributed by atoms with Crippen LogP contribution in [0.4, 0.5) is 0 Å². The summed E-state index contributed by atoms with van der Waals surface area (Å²) in [4.78, 5) is 14.7. The molecule has 2 saturated heterocycles. The van der Waals surface area contributed by atoms with E-state index in [9.17, 15) is 4.79 Å². The Morgan fingerprint density at radius 2 is 1.77 bits per heavy atom. The number of amides is 1. The van der Waals surface area contributed by atoms with Gasteiger partial charge in [0.25, 0.3) is 0 Å². The summed E-state index contributed by atoms with van der Waals surface area (Å²) < 4.78 is 6.07. The minimum atomic E-state index is -0.0285. The van der Waals surface area contributed by atoms with E-state index in [0.717, 1.165) is 31.7 Å². The molecule has 0 bridgehead atoms. The van der Waals surface area contributed by atoms with Crippen molar-refractivity contribution in [2.45, 2.75) is 24.6 Å². The van der Waals surface area contributed by atoms with Gasteiger partial charge in [0.1, 0.15) is 0 Å². The van der Waals surface area contributed by atoms with E-state index in [-0.39, 0.29) is 18.1 Å². The monoisotopic (exact) mass is 348 g/mol.